The third kappa shape index (κ3) is 4.94. The van der Waals surface area contributed by atoms with E-state index in [0.29, 0.717) is 26.2 Å². The van der Waals surface area contributed by atoms with Crippen LogP contribution in [0, 0.1) is 0 Å². The lowest BCUT2D eigenvalue weighted by molar-refractivity contribution is 0.134. The quantitative estimate of drug-likeness (QED) is 0.714. The molecule has 2 rings (SSSR count). The fourth-order valence-corrected chi connectivity index (χ4v) is 3.14. The highest BCUT2D eigenvalue weighted by molar-refractivity contribution is 7.89. The molecule has 0 fully saturated rings. The molecule has 120 valence electrons. The van der Waals surface area contributed by atoms with Gasteiger partial charge in [-0.3, -0.25) is 0 Å². The smallest absolute Gasteiger partial charge is 0.240 e. The highest BCUT2D eigenvalue weighted by atomic mass is 32.2. The first kappa shape index (κ1) is 16.7. The molecule has 0 radical (unpaired) electrons. The summed E-state index contributed by atoms with van der Waals surface area (Å²) in [5, 5.41) is 0. The van der Waals surface area contributed by atoms with E-state index in [9.17, 15) is 8.42 Å². The Labute approximate surface area is 131 Å². The maximum atomic E-state index is 12.2. The van der Waals surface area contributed by atoms with Crippen molar-refractivity contribution in [3.63, 3.8) is 0 Å². The maximum absolute atomic E-state index is 12.2. The molecule has 1 aromatic carbocycles. The van der Waals surface area contributed by atoms with Crippen LogP contribution in [-0.4, -0.2) is 31.1 Å². The van der Waals surface area contributed by atoms with Gasteiger partial charge in [-0.2, -0.15) is 0 Å². The van der Waals surface area contributed by atoms with Gasteiger partial charge in [0.15, 0.2) is 0 Å². The van der Waals surface area contributed by atoms with Crippen molar-refractivity contribution in [1.82, 2.24) is 14.3 Å². The number of nitrogens with one attached hydrogen (secondary N) is 1. The Bertz CT molecular complexity index is 669. The Morgan fingerprint density at radius 3 is 2.95 bits per heavy atom. The summed E-state index contributed by atoms with van der Waals surface area (Å²) in [5.74, 6) is 0. The monoisotopic (exact) mass is 323 g/mol. The number of aromatic nitrogens is 2. The van der Waals surface area contributed by atoms with Gasteiger partial charge >= 0.3 is 0 Å². The SMILES string of the molecule is CCOCc1cccc(S(=O)(=O)NCCCn2ccnc2)c1. The second-order valence-electron chi connectivity index (χ2n) is 4.84. The van der Waals surface area contributed by atoms with Crippen LogP contribution in [0.2, 0.25) is 0 Å². The minimum atomic E-state index is -3.48. The van der Waals surface area contributed by atoms with Gasteiger partial charge in [0.25, 0.3) is 0 Å². The minimum Gasteiger partial charge on any atom is -0.377 e. The third-order valence-corrected chi connectivity index (χ3v) is 4.58. The molecule has 2 aromatic rings. The molecule has 0 aliphatic rings. The Morgan fingerprint density at radius 1 is 1.36 bits per heavy atom. The zero-order chi connectivity index (χ0) is 15.8. The largest absolute Gasteiger partial charge is 0.377 e. The molecule has 7 heteroatoms. The molecular formula is C15H21N3O3S. The third-order valence-electron chi connectivity index (χ3n) is 3.13. The van der Waals surface area contributed by atoms with Crippen molar-refractivity contribution < 1.29 is 13.2 Å². The molecule has 0 spiro atoms. The fourth-order valence-electron chi connectivity index (χ4n) is 1.99. The van der Waals surface area contributed by atoms with E-state index in [1.807, 2.05) is 23.8 Å². The Balaban J connectivity index is 1.89. The zero-order valence-electron chi connectivity index (χ0n) is 12.6. The maximum Gasteiger partial charge on any atom is 0.240 e. The number of benzene rings is 1. The Kier molecular flexibility index (Phi) is 6.11. The molecule has 0 aliphatic heterocycles. The first-order valence-corrected chi connectivity index (χ1v) is 8.72. The number of nitrogens with zero attached hydrogens (tertiary/aromatic N) is 2. The van der Waals surface area contributed by atoms with Gasteiger partial charge in [-0.25, -0.2) is 18.1 Å². The minimum absolute atomic E-state index is 0.271. The lowest BCUT2D eigenvalue weighted by Gasteiger charge is -2.09. The van der Waals surface area contributed by atoms with Crippen LogP contribution in [0.4, 0.5) is 0 Å². The molecule has 22 heavy (non-hydrogen) atoms. The van der Waals surface area contributed by atoms with E-state index in [0.717, 1.165) is 12.1 Å². The van der Waals surface area contributed by atoms with Crippen LogP contribution in [0.5, 0.6) is 0 Å². The van der Waals surface area contributed by atoms with Crippen molar-refractivity contribution in [1.29, 1.82) is 0 Å². The standard InChI is InChI=1S/C15H21N3O3S/c1-2-21-12-14-5-3-6-15(11-14)22(19,20)17-7-4-9-18-10-8-16-13-18/h3,5-6,8,10-11,13,17H,2,4,7,9,12H2,1H3. The van der Waals surface area contributed by atoms with Crippen LogP contribution in [0.1, 0.15) is 18.9 Å². The van der Waals surface area contributed by atoms with Gasteiger partial charge in [-0.05, 0) is 31.0 Å². The number of sulfonamides is 1. The van der Waals surface area contributed by atoms with Crippen molar-refractivity contribution in [2.24, 2.45) is 0 Å². The molecule has 1 aromatic heterocycles. The van der Waals surface area contributed by atoms with E-state index in [-0.39, 0.29) is 4.90 Å². The Morgan fingerprint density at radius 2 is 2.23 bits per heavy atom. The van der Waals surface area contributed by atoms with Gasteiger partial charge in [0, 0.05) is 32.1 Å². The van der Waals surface area contributed by atoms with Crippen LogP contribution in [0.25, 0.3) is 0 Å². The van der Waals surface area contributed by atoms with Crippen LogP contribution in [0.3, 0.4) is 0 Å². The number of rotatable bonds is 9. The molecular weight excluding hydrogens is 302 g/mol. The van der Waals surface area contributed by atoms with Crippen LogP contribution in [-0.2, 0) is 27.9 Å². The van der Waals surface area contributed by atoms with Crippen molar-refractivity contribution in [3.8, 4) is 0 Å². The molecule has 0 amide bonds. The second kappa shape index (κ2) is 8.07. The summed E-state index contributed by atoms with van der Waals surface area (Å²) in [7, 11) is -3.48. The summed E-state index contributed by atoms with van der Waals surface area (Å²) >= 11 is 0. The Hall–Kier alpha value is -1.70. The van der Waals surface area contributed by atoms with Gasteiger partial charge < -0.3 is 9.30 Å². The lowest BCUT2D eigenvalue weighted by Crippen LogP contribution is -2.25. The lowest BCUT2D eigenvalue weighted by atomic mass is 10.2. The van der Waals surface area contributed by atoms with Gasteiger partial charge in [0.1, 0.15) is 0 Å². The predicted octanol–water partition coefficient (Wildman–Crippen LogP) is 1.79. The van der Waals surface area contributed by atoms with Crippen molar-refractivity contribution in [2.45, 2.75) is 31.4 Å². The predicted molar refractivity (Wildman–Crippen MR) is 83.8 cm³/mol. The first-order chi connectivity index (χ1) is 10.6. The van der Waals surface area contributed by atoms with Gasteiger partial charge in [-0.15, -0.1) is 0 Å². The van der Waals surface area contributed by atoms with Crippen molar-refractivity contribution >= 4 is 10.0 Å². The molecule has 0 aliphatic carbocycles. The van der Waals surface area contributed by atoms with Gasteiger partial charge in [-0.1, -0.05) is 12.1 Å². The first-order valence-electron chi connectivity index (χ1n) is 7.24. The zero-order valence-corrected chi connectivity index (χ0v) is 13.4. The molecule has 0 unspecified atom stereocenters. The average Bonchev–Trinajstić information content (AvgIpc) is 3.03. The molecule has 0 atom stereocenters. The summed E-state index contributed by atoms with van der Waals surface area (Å²) in [6, 6.07) is 6.82. The normalized spacial score (nSPS) is 11.7. The summed E-state index contributed by atoms with van der Waals surface area (Å²) in [6.07, 6.45) is 5.97. The van der Waals surface area contributed by atoms with E-state index in [2.05, 4.69) is 9.71 Å². The average molecular weight is 323 g/mol. The van der Waals surface area contributed by atoms with Crippen LogP contribution >= 0.6 is 0 Å². The molecule has 1 heterocycles. The molecule has 0 bridgehead atoms. The van der Waals surface area contributed by atoms with Crippen molar-refractivity contribution in [3.05, 3.63) is 48.5 Å². The molecule has 0 saturated heterocycles. The fraction of sp³-hybridized carbons (Fsp3) is 0.400. The van der Waals surface area contributed by atoms with Crippen LogP contribution < -0.4 is 4.72 Å². The van der Waals surface area contributed by atoms with Gasteiger partial charge in [0.05, 0.1) is 17.8 Å². The summed E-state index contributed by atoms with van der Waals surface area (Å²) in [5.41, 5.74) is 0.850. The molecule has 0 saturated carbocycles. The highest BCUT2D eigenvalue weighted by Gasteiger charge is 2.13. The number of imidazole rings is 1. The summed E-state index contributed by atoms with van der Waals surface area (Å²) < 4.78 is 34.3. The van der Waals surface area contributed by atoms with Crippen LogP contribution in [0.15, 0.2) is 47.9 Å². The number of ether oxygens (including phenoxy) is 1. The van der Waals surface area contributed by atoms with E-state index in [1.54, 1.807) is 30.7 Å². The van der Waals surface area contributed by atoms with Crippen molar-refractivity contribution in [2.75, 3.05) is 13.2 Å². The topological polar surface area (TPSA) is 73.2 Å². The summed E-state index contributed by atoms with van der Waals surface area (Å²) in [4.78, 5) is 4.21. The van der Waals surface area contributed by atoms with E-state index >= 15 is 0 Å². The number of hydrogen-bond donors (Lipinski definition) is 1. The summed E-state index contributed by atoms with van der Waals surface area (Å²) in [6.45, 7) is 4.04. The van der Waals surface area contributed by atoms with E-state index in [1.165, 1.54) is 0 Å². The number of aryl methyl sites for hydroxylation is 1. The van der Waals surface area contributed by atoms with E-state index in [4.69, 9.17) is 4.74 Å². The highest BCUT2D eigenvalue weighted by Crippen LogP contribution is 2.12. The second-order valence-corrected chi connectivity index (χ2v) is 6.60. The van der Waals surface area contributed by atoms with E-state index < -0.39 is 10.0 Å². The number of hydrogen-bond acceptors (Lipinski definition) is 4. The molecule has 6 nitrogen and oxygen atoms in total. The van der Waals surface area contributed by atoms with Gasteiger partial charge in [0.2, 0.25) is 10.0 Å². The molecule has 1 N–H and O–H groups in total.